The SMILES string of the molecule is NC1(c2ccc(-c3nc4nccn4c(NC4CC4)c3-c3ccccc3)cc2)CCC1. The molecule has 30 heavy (non-hydrogen) atoms. The molecule has 5 nitrogen and oxygen atoms in total. The molecule has 2 aromatic carbocycles. The second-order valence-electron chi connectivity index (χ2n) is 8.65. The van der Waals surface area contributed by atoms with E-state index >= 15 is 0 Å². The monoisotopic (exact) mass is 395 g/mol. The summed E-state index contributed by atoms with van der Waals surface area (Å²) in [6.07, 6.45) is 9.55. The number of benzene rings is 2. The van der Waals surface area contributed by atoms with E-state index < -0.39 is 0 Å². The zero-order valence-electron chi connectivity index (χ0n) is 16.9. The lowest BCUT2D eigenvalue weighted by Crippen LogP contribution is -2.43. The minimum atomic E-state index is -0.153. The highest BCUT2D eigenvalue weighted by Gasteiger charge is 2.34. The smallest absolute Gasteiger partial charge is 0.235 e. The molecule has 0 atom stereocenters. The maximum atomic E-state index is 6.54. The van der Waals surface area contributed by atoms with Crippen molar-refractivity contribution >= 4 is 11.6 Å². The third-order valence-electron chi connectivity index (χ3n) is 6.51. The zero-order valence-corrected chi connectivity index (χ0v) is 16.9. The molecule has 2 aliphatic carbocycles. The maximum Gasteiger partial charge on any atom is 0.235 e. The van der Waals surface area contributed by atoms with Gasteiger partial charge in [-0.1, -0.05) is 54.6 Å². The van der Waals surface area contributed by atoms with E-state index in [0.717, 1.165) is 41.0 Å². The predicted molar refractivity (Wildman–Crippen MR) is 120 cm³/mol. The second-order valence-corrected chi connectivity index (χ2v) is 8.65. The van der Waals surface area contributed by atoms with E-state index in [2.05, 4.69) is 69.3 Å². The fraction of sp³-hybridized carbons (Fsp3) is 0.280. The van der Waals surface area contributed by atoms with Crippen molar-refractivity contribution in [3.05, 3.63) is 72.6 Å². The Balaban J connectivity index is 1.55. The minimum Gasteiger partial charge on any atom is -0.368 e. The lowest BCUT2D eigenvalue weighted by atomic mass is 9.72. The van der Waals surface area contributed by atoms with Gasteiger partial charge in [0.1, 0.15) is 5.82 Å². The van der Waals surface area contributed by atoms with Gasteiger partial charge in [-0.15, -0.1) is 0 Å². The standard InChI is InChI=1S/C25H25N5/c26-25(13-4-14-25)19-9-7-18(8-10-19)22-21(17-5-2-1-3-6-17)23(28-20-11-12-20)30-16-15-27-24(30)29-22/h1-3,5-10,15-16,20,28H,4,11-14,26H2. The molecule has 5 heteroatoms. The van der Waals surface area contributed by atoms with Crippen molar-refractivity contribution in [1.82, 2.24) is 14.4 Å². The number of hydrogen-bond acceptors (Lipinski definition) is 4. The van der Waals surface area contributed by atoms with Crippen LogP contribution in [-0.2, 0) is 5.54 Å². The van der Waals surface area contributed by atoms with Crippen LogP contribution >= 0.6 is 0 Å². The first-order valence-electron chi connectivity index (χ1n) is 10.8. The van der Waals surface area contributed by atoms with Gasteiger partial charge in [0, 0.05) is 35.1 Å². The molecule has 2 saturated carbocycles. The van der Waals surface area contributed by atoms with Crippen LogP contribution < -0.4 is 11.1 Å². The quantitative estimate of drug-likeness (QED) is 0.500. The zero-order chi connectivity index (χ0) is 20.1. The van der Waals surface area contributed by atoms with Crippen LogP contribution in [0.4, 0.5) is 5.82 Å². The lowest BCUT2D eigenvalue weighted by molar-refractivity contribution is 0.253. The summed E-state index contributed by atoms with van der Waals surface area (Å²) in [5, 5.41) is 3.74. The Kier molecular flexibility index (Phi) is 3.93. The number of hydrogen-bond donors (Lipinski definition) is 2. The first-order chi connectivity index (χ1) is 14.7. The molecule has 2 heterocycles. The largest absolute Gasteiger partial charge is 0.368 e. The normalized spacial score (nSPS) is 17.6. The second kappa shape index (κ2) is 6.67. The Morgan fingerprint density at radius 2 is 1.73 bits per heavy atom. The van der Waals surface area contributed by atoms with Crippen LogP contribution in [0.25, 0.3) is 28.2 Å². The summed E-state index contributed by atoms with van der Waals surface area (Å²) in [7, 11) is 0. The van der Waals surface area contributed by atoms with E-state index in [-0.39, 0.29) is 5.54 Å². The molecule has 6 rings (SSSR count). The lowest BCUT2D eigenvalue weighted by Gasteiger charge is -2.38. The summed E-state index contributed by atoms with van der Waals surface area (Å²) in [6.45, 7) is 0. The molecule has 0 unspecified atom stereocenters. The summed E-state index contributed by atoms with van der Waals surface area (Å²) >= 11 is 0. The number of nitrogens with zero attached hydrogens (tertiary/aromatic N) is 3. The van der Waals surface area contributed by atoms with E-state index in [9.17, 15) is 0 Å². The molecule has 2 aliphatic rings. The first-order valence-corrected chi connectivity index (χ1v) is 10.8. The summed E-state index contributed by atoms with van der Waals surface area (Å²) in [5.41, 5.74) is 11.9. The molecule has 0 spiro atoms. The van der Waals surface area contributed by atoms with Gasteiger partial charge in [-0.25, -0.2) is 9.97 Å². The molecule has 2 aromatic heterocycles. The van der Waals surface area contributed by atoms with Crippen LogP contribution in [0.3, 0.4) is 0 Å². The van der Waals surface area contributed by atoms with Gasteiger partial charge in [0.05, 0.1) is 5.69 Å². The molecule has 0 aliphatic heterocycles. The van der Waals surface area contributed by atoms with Gasteiger partial charge in [-0.05, 0) is 43.2 Å². The van der Waals surface area contributed by atoms with Crippen LogP contribution in [-0.4, -0.2) is 20.4 Å². The van der Waals surface area contributed by atoms with Crippen LogP contribution in [0.5, 0.6) is 0 Å². The summed E-state index contributed by atoms with van der Waals surface area (Å²) in [5.74, 6) is 1.78. The molecule has 150 valence electrons. The third-order valence-corrected chi connectivity index (χ3v) is 6.51. The highest BCUT2D eigenvalue weighted by atomic mass is 15.2. The molecule has 0 saturated heterocycles. The molecule has 0 bridgehead atoms. The van der Waals surface area contributed by atoms with Crippen molar-refractivity contribution in [2.75, 3.05) is 5.32 Å². The molecule has 0 amide bonds. The van der Waals surface area contributed by atoms with Gasteiger partial charge in [0.2, 0.25) is 5.78 Å². The van der Waals surface area contributed by atoms with Gasteiger partial charge >= 0.3 is 0 Å². The molecule has 0 radical (unpaired) electrons. The third kappa shape index (κ3) is 2.89. The fourth-order valence-electron chi connectivity index (χ4n) is 4.40. The van der Waals surface area contributed by atoms with Crippen molar-refractivity contribution in [3.63, 3.8) is 0 Å². The van der Waals surface area contributed by atoms with Crippen molar-refractivity contribution in [1.29, 1.82) is 0 Å². The number of imidazole rings is 1. The molecule has 4 aromatic rings. The topological polar surface area (TPSA) is 68.2 Å². The molecule has 3 N–H and O–H groups in total. The highest BCUT2D eigenvalue weighted by molar-refractivity contribution is 5.90. The van der Waals surface area contributed by atoms with Crippen molar-refractivity contribution in [3.8, 4) is 22.4 Å². The molecular weight excluding hydrogens is 370 g/mol. The number of fused-ring (bicyclic) bond motifs is 1. The van der Waals surface area contributed by atoms with Gasteiger partial charge in [0.15, 0.2) is 0 Å². The van der Waals surface area contributed by atoms with Gasteiger partial charge in [-0.2, -0.15) is 0 Å². The first kappa shape index (κ1) is 17.7. The van der Waals surface area contributed by atoms with Crippen LogP contribution in [0.2, 0.25) is 0 Å². The number of nitrogens with two attached hydrogens (primary N) is 1. The van der Waals surface area contributed by atoms with Crippen LogP contribution in [0, 0.1) is 0 Å². The van der Waals surface area contributed by atoms with Crippen molar-refractivity contribution in [2.45, 2.75) is 43.7 Å². The fourth-order valence-corrected chi connectivity index (χ4v) is 4.40. The Hall–Kier alpha value is -3.18. The summed E-state index contributed by atoms with van der Waals surface area (Å²) in [6, 6.07) is 19.7. The number of nitrogens with one attached hydrogen (secondary N) is 1. The van der Waals surface area contributed by atoms with Gasteiger partial charge in [0.25, 0.3) is 0 Å². The Labute approximate surface area is 176 Å². The van der Waals surface area contributed by atoms with Crippen molar-refractivity contribution in [2.24, 2.45) is 5.73 Å². The van der Waals surface area contributed by atoms with Crippen LogP contribution in [0.15, 0.2) is 67.0 Å². The Bertz CT molecular complexity index is 1200. The van der Waals surface area contributed by atoms with Crippen LogP contribution in [0.1, 0.15) is 37.7 Å². The molecular formula is C25H25N5. The van der Waals surface area contributed by atoms with E-state index in [1.165, 1.54) is 24.8 Å². The summed E-state index contributed by atoms with van der Waals surface area (Å²) < 4.78 is 2.07. The average Bonchev–Trinajstić information content (AvgIpc) is 3.46. The van der Waals surface area contributed by atoms with E-state index in [1.807, 2.05) is 12.4 Å². The number of rotatable bonds is 5. The molecule has 2 fully saturated rings. The summed E-state index contributed by atoms with van der Waals surface area (Å²) in [4.78, 5) is 9.48. The van der Waals surface area contributed by atoms with E-state index in [4.69, 9.17) is 10.7 Å². The number of aromatic nitrogens is 3. The highest BCUT2D eigenvalue weighted by Crippen LogP contribution is 2.42. The average molecular weight is 396 g/mol. The van der Waals surface area contributed by atoms with E-state index in [0.29, 0.717) is 11.8 Å². The Morgan fingerprint density at radius 3 is 2.40 bits per heavy atom. The van der Waals surface area contributed by atoms with Gasteiger partial charge < -0.3 is 11.1 Å². The predicted octanol–water partition coefficient (Wildman–Crippen LogP) is 4.98. The number of anilines is 1. The minimum absolute atomic E-state index is 0.153. The Morgan fingerprint density at radius 1 is 0.967 bits per heavy atom. The van der Waals surface area contributed by atoms with Gasteiger partial charge in [-0.3, -0.25) is 4.40 Å². The maximum absolute atomic E-state index is 6.54. The van der Waals surface area contributed by atoms with Crippen molar-refractivity contribution < 1.29 is 0 Å². The van der Waals surface area contributed by atoms with E-state index in [1.54, 1.807) is 0 Å².